The summed E-state index contributed by atoms with van der Waals surface area (Å²) in [4.78, 5) is 25.1. The summed E-state index contributed by atoms with van der Waals surface area (Å²) in [6, 6.07) is 8.00. The molecule has 2 aromatic rings. The highest BCUT2D eigenvalue weighted by atomic mass is 32.5. The van der Waals surface area contributed by atoms with Crippen molar-refractivity contribution >= 4 is 35.1 Å². The molecule has 1 aliphatic rings. The van der Waals surface area contributed by atoms with E-state index in [4.69, 9.17) is 9.26 Å². The minimum Gasteiger partial charge on any atom is -0.492 e. The van der Waals surface area contributed by atoms with E-state index >= 15 is 0 Å². The Morgan fingerprint density at radius 1 is 1.37 bits per heavy atom. The molecule has 0 radical (unpaired) electrons. The monoisotopic (exact) mass is 407 g/mol. The molecule has 0 aliphatic carbocycles. The van der Waals surface area contributed by atoms with Gasteiger partial charge in [-0.2, -0.15) is 5.26 Å². The van der Waals surface area contributed by atoms with Gasteiger partial charge in [0.25, 0.3) is 0 Å². The summed E-state index contributed by atoms with van der Waals surface area (Å²) < 4.78 is 10.7. The molecule has 1 aliphatic heterocycles. The first-order chi connectivity index (χ1) is 12.9. The van der Waals surface area contributed by atoms with E-state index < -0.39 is 6.72 Å². The molecule has 9 heteroatoms. The number of fused-ring (bicyclic) bond motifs is 1. The van der Waals surface area contributed by atoms with E-state index in [2.05, 4.69) is 27.8 Å². The SMILES string of the molecule is CCOc1cccc2c(N3CCC(COP(O)(O)=S)CC3)c(C#N)cnc12. The van der Waals surface area contributed by atoms with Gasteiger partial charge in [0.05, 0.1) is 24.5 Å². The number of hydrogen-bond donors (Lipinski definition) is 2. The lowest BCUT2D eigenvalue weighted by molar-refractivity contribution is 0.191. The molecule has 2 heterocycles. The molecular weight excluding hydrogens is 385 g/mol. The number of benzene rings is 1. The highest BCUT2D eigenvalue weighted by Crippen LogP contribution is 2.39. The number of hydrogen-bond acceptors (Lipinski definition) is 6. The first-order valence-electron chi connectivity index (χ1n) is 8.82. The van der Waals surface area contributed by atoms with Crippen molar-refractivity contribution in [2.75, 3.05) is 31.2 Å². The molecule has 0 saturated carbocycles. The standard InChI is InChI=1S/C18H22N3O4PS/c1-2-24-16-5-3-4-15-17(16)20-11-14(10-19)18(15)21-8-6-13(7-9-21)12-25-26(22,23)27/h3-5,11,13H,2,6-9,12H2,1H3,(H2,22,23,27). The van der Waals surface area contributed by atoms with E-state index in [-0.39, 0.29) is 12.5 Å². The van der Waals surface area contributed by atoms with Gasteiger partial charge in [-0.05, 0) is 43.6 Å². The summed E-state index contributed by atoms with van der Waals surface area (Å²) in [5, 5.41) is 10.5. The van der Waals surface area contributed by atoms with Crippen LogP contribution in [0.1, 0.15) is 25.3 Å². The molecule has 144 valence electrons. The van der Waals surface area contributed by atoms with Gasteiger partial charge in [-0.1, -0.05) is 12.1 Å². The Labute approximate surface area is 163 Å². The third-order valence-corrected chi connectivity index (χ3v) is 5.46. The Morgan fingerprint density at radius 2 is 2.11 bits per heavy atom. The van der Waals surface area contributed by atoms with Crippen LogP contribution in [0, 0.1) is 17.2 Å². The predicted molar refractivity (Wildman–Crippen MR) is 107 cm³/mol. The minimum absolute atomic E-state index is 0.209. The van der Waals surface area contributed by atoms with E-state index in [1.165, 1.54) is 0 Å². The molecule has 2 N–H and O–H groups in total. The fourth-order valence-electron chi connectivity index (χ4n) is 3.40. The molecule has 1 fully saturated rings. The summed E-state index contributed by atoms with van der Waals surface area (Å²) in [7, 11) is 0. The zero-order valence-corrected chi connectivity index (χ0v) is 16.7. The van der Waals surface area contributed by atoms with Crippen LogP contribution in [-0.2, 0) is 16.3 Å². The van der Waals surface area contributed by atoms with Gasteiger partial charge < -0.3 is 23.9 Å². The van der Waals surface area contributed by atoms with E-state index in [1.807, 2.05) is 25.1 Å². The maximum Gasteiger partial charge on any atom is 0.321 e. The maximum absolute atomic E-state index is 9.58. The zero-order chi connectivity index (χ0) is 19.4. The molecule has 0 unspecified atom stereocenters. The number of pyridine rings is 1. The molecule has 0 amide bonds. The largest absolute Gasteiger partial charge is 0.492 e. The van der Waals surface area contributed by atoms with Crippen LogP contribution in [0.2, 0.25) is 0 Å². The predicted octanol–water partition coefficient (Wildman–Crippen LogP) is 2.95. The van der Waals surface area contributed by atoms with Crippen molar-refractivity contribution in [3.63, 3.8) is 0 Å². The van der Waals surface area contributed by atoms with Gasteiger partial charge in [0.1, 0.15) is 17.3 Å². The van der Waals surface area contributed by atoms with Crippen molar-refractivity contribution in [3.05, 3.63) is 30.0 Å². The van der Waals surface area contributed by atoms with Gasteiger partial charge in [-0.3, -0.25) is 4.98 Å². The number of anilines is 1. The lowest BCUT2D eigenvalue weighted by Gasteiger charge is -2.34. The molecule has 0 spiro atoms. The molecule has 1 aromatic carbocycles. The van der Waals surface area contributed by atoms with Crippen molar-refractivity contribution in [3.8, 4) is 11.8 Å². The van der Waals surface area contributed by atoms with E-state index in [0.717, 1.165) is 42.5 Å². The van der Waals surface area contributed by atoms with Gasteiger partial charge in [0.2, 0.25) is 0 Å². The summed E-state index contributed by atoms with van der Waals surface area (Å²) in [6.45, 7) is 0.581. The molecule has 7 nitrogen and oxygen atoms in total. The summed E-state index contributed by atoms with van der Waals surface area (Å²) in [6.07, 6.45) is 3.23. The van der Waals surface area contributed by atoms with Crippen LogP contribution in [-0.4, -0.2) is 41.1 Å². The molecule has 0 atom stereocenters. The number of nitriles is 1. The van der Waals surface area contributed by atoms with Crippen molar-refractivity contribution in [1.29, 1.82) is 5.26 Å². The van der Waals surface area contributed by atoms with E-state index in [0.29, 0.717) is 17.9 Å². The maximum atomic E-state index is 9.58. The quantitative estimate of drug-likeness (QED) is 0.706. The Balaban J connectivity index is 1.85. The van der Waals surface area contributed by atoms with Crippen LogP contribution in [0.4, 0.5) is 5.69 Å². The minimum atomic E-state index is -3.61. The molecule has 1 saturated heterocycles. The van der Waals surface area contributed by atoms with Crippen LogP contribution in [0.25, 0.3) is 10.9 Å². The fourth-order valence-corrected chi connectivity index (χ4v) is 3.99. The van der Waals surface area contributed by atoms with Crippen molar-refractivity contribution in [2.45, 2.75) is 19.8 Å². The molecule has 0 bridgehead atoms. The van der Waals surface area contributed by atoms with Gasteiger partial charge in [-0.15, -0.1) is 0 Å². The second kappa shape index (κ2) is 8.51. The summed E-state index contributed by atoms with van der Waals surface area (Å²) in [5.74, 6) is 0.918. The van der Waals surface area contributed by atoms with Crippen molar-refractivity contribution in [2.24, 2.45) is 5.92 Å². The van der Waals surface area contributed by atoms with Crippen LogP contribution >= 0.6 is 6.72 Å². The topological polar surface area (TPSA) is 98.8 Å². The lowest BCUT2D eigenvalue weighted by atomic mass is 9.96. The summed E-state index contributed by atoms with van der Waals surface area (Å²) >= 11 is 4.51. The number of aromatic nitrogens is 1. The van der Waals surface area contributed by atoms with Crippen molar-refractivity contribution < 1.29 is 19.0 Å². The van der Waals surface area contributed by atoms with Crippen molar-refractivity contribution in [1.82, 2.24) is 4.98 Å². The Kier molecular flexibility index (Phi) is 6.30. The Hall–Kier alpha value is -1.75. The average molecular weight is 407 g/mol. The van der Waals surface area contributed by atoms with Crippen LogP contribution in [0.15, 0.2) is 24.4 Å². The van der Waals surface area contributed by atoms with Gasteiger partial charge >= 0.3 is 6.72 Å². The van der Waals surface area contributed by atoms with E-state index in [1.54, 1.807) is 6.20 Å². The van der Waals surface area contributed by atoms with Crippen LogP contribution in [0.3, 0.4) is 0 Å². The van der Waals surface area contributed by atoms with Crippen LogP contribution < -0.4 is 9.64 Å². The second-order valence-electron chi connectivity index (χ2n) is 6.43. The van der Waals surface area contributed by atoms with Gasteiger partial charge in [0.15, 0.2) is 0 Å². The first kappa shape index (κ1) is 20.0. The number of piperidine rings is 1. The average Bonchev–Trinajstić information content (AvgIpc) is 2.66. The third kappa shape index (κ3) is 4.75. The first-order valence-corrected chi connectivity index (χ1v) is 11.4. The smallest absolute Gasteiger partial charge is 0.321 e. The highest BCUT2D eigenvalue weighted by molar-refractivity contribution is 8.06. The molecule has 1 aromatic heterocycles. The number of nitrogens with zero attached hydrogens (tertiary/aromatic N) is 3. The molecule has 3 rings (SSSR count). The van der Waals surface area contributed by atoms with Gasteiger partial charge in [0, 0.05) is 24.7 Å². The van der Waals surface area contributed by atoms with Crippen LogP contribution in [0.5, 0.6) is 5.75 Å². The third-order valence-electron chi connectivity index (χ3n) is 4.66. The lowest BCUT2D eigenvalue weighted by Crippen LogP contribution is -2.35. The molecular formula is C18H22N3O4PS. The zero-order valence-electron chi connectivity index (χ0n) is 15.0. The fraction of sp³-hybridized carbons (Fsp3) is 0.444. The Morgan fingerprint density at radius 3 is 2.74 bits per heavy atom. The Bertz CT molecular complexity index is 903. The highest BCUT2D eigenvalue weighted by Gasteiger charge is 2.25. The summed E-state index contributed by atoms with van der Waals surface area (Å²) in [5.41, 5.74) is 2.16. The van der Waals surface area contributed by atoms with Gasteiger partial charge in [-0.25, -0.2) is 0 Å². The normalized spacial score (nSPS) is 15.7. The molecule has 27 heavy (non-hydrogen) atoms. The number of para-hydroxylation sites is 1. The number of rotatable bonds is 6. The number of ether oxygens (including phenoxy) is 1. The second-order valence-corrected chi connectivity index (χ2v) is 9.10. The van der Waals surface area contributed by atoms with E-state index in [9.17, 15) is 15.0 Å².